The van der Waals surface area contributed by atoms with Crippen molar-refractivity contribution in [2.75, 3.05) is 18.8 Å². The smallest absolute Gasteiger partial charge is 0.326 e. The first-order chi connectivity index (χ1) is 19.0. The Kier molecular flexibility index (Phi) is 17.3. The topological polar surface area (TPSA) is 238 Å². The third-order valence-electron chi connectivity index (χ3n) is 5.59. The van der Waals surface area contributed by atoms with Crippen LogP contribution in [-0.2, 0) is 33.6 Å². The zero-order valence-corrected chi connectivity index (χ0v) is 25.3. The number of amides is 6. The Morgan fingerprint density at radius 2 is 1.12 bits per heavy atom. The quantitative estimate of drug-likeness (QED) is 0.0760. The molecule has 0 unspecified atom stereocenters. The number of rotatable bonds is 18. The Bertz CT molecular complexity index is 947. The van der Waals surface area contributed by atoms with Gasteiger partial charge in [0, 0.05) is 5.75 Å². The molecule has 0 rings (SSSR count). The van der Waals surface area contributed by atoms with Crippen molar-refractivity contribution < 1.29 is 38.7 Å². The monoisotopic (exact) mass is 603 g/mol. The van der Waals surface area contributed by atoms with E-state index in [4.69, 9.17) is 5.73 Å². The van der Waals surface area contributed by atoms with Gasteiger partial charge in [-0.15, -0.1) is 0 Å². The molecule has 16 heteroatoms. The van der Waals surface area contributed by atoms with Gasteiger partial charge in [-0.3, -0.25) is 28.8 Å². The molecule has 0 radical (unpaired) electrons. The van der Waals surface area contributed by atoms with Crippen LogP contribution in [0.15, 0.2) is 0 Å². The van der Waals surface area contributed by atoms with E-state index in [2.05, 4.69) is 44.5 Å². The van der Waals surface area contributed by atoms with Crippen molar-refractivity contribution in [3.05, 3.63) is 0 Å². The number of hydrogen-bond acceptors (Lipinski definition) is 9. The van der Waals surface area contributed by atoms with E-state index in [1.807, 2.05) is 13.8 Å². The van der Waals surface area contributed by atoms with Gasteiger partial charge in [0.2, 0.25) is 35.4 Å². The third-order valence-corrected chi connectivity index (χ3v) is 5.95. The molecule has 0 fully saturated rings. The van der Waals surface area contributed by atoms with Gasteiger partial charge in [0.1, 0.15) is 24.2 Å². The summed E-state index contributed by atoms with van der Waals surface area (Å²) in [5.41, 5.74) is 5.76. The minimum atomic E-state index is -1.19. The fraction of sp³-hybridized carbons (Fsp3) is 0.720. The van der Waals surface area contributed by atoms with Crippen LogP contribution in [0.3, 0.4) is 0 Å². The number of nitrogens with two attached hydrogens (primary N) is 1. The lowest BCUT2D eigenvalue weighted by Gasteiger charge is -2.22. The van der Waals surface area contributed by atoms with Crippen LogP contribution in [0.25, 0.3) is 0 Å². The fourth-order valence-corrected chi connectivity index (χ4v) is 3.66. The Morgan fingerprint density at radius 3 is 1.61 bits per heavy atom. The first kappa shape index (κ1) is 37.6. The number of carbonyl (C=O) groups is 7. The van der Waals surface area contributed by atoms with Crippen LogP contribution in [0.4, 0.5) is 0 Å². The summed E-state index contributed by atoms with van der Waals surface area (Å²) < 4.78 is 0. The van der Waals surface area contributed by atoms with E-state index in [0.29, 0.717) is 6.42 Å². The lowest BCUT2D eigenvalue weighted by atomic mass is 10.0. The minimum absolute atomic E-state index is 0.0206. The van der Waals surface area contributed by atoms with E-state index in [0.717, 1.165) is 0 Å². The maximum atomic E-state index is 12.6. The molecule has 0 saturated heterocycles. The van der Waals surface area contributed by atoms with Crippen molar-refractivity contribution in [2.24, 2.45) is 17.6 Å². The van der Waals surface area contributed by atoms with Gasteiger partial charge in [0.05, 0.1) is 19.1 Å². The highest BCUT2D eigenvalue weighted by atomic mass is 32.1. The van der Waals surface area contributed by atoms with Crippen LogP contribution < -0.4 is 37.6 Å². The van der Waals surface area contributed by atoms with Gasteiger partial charge in [-0.05, 0) is 38.5 Å². The van der Waals surface area contributed by atoms with Crippen molar-refractivity contribution >= 4 is 54.0 Å². The van der Waals surface area contributed by atoms with Crippen molar-refractivity contribution in [1.82, 2.24) is 31.9 Å². The highest BCUT2D eigenvalue weighted by Crippen LogP contribution is 2.05. The molecule has 0 heterocycles. The molecule has 0 aromatic rings. The second kappa shape index (κ2) is 18.9. The SMILES string of the molecule is CC(C)C[C@H](NC(=O)CNC(=O)[C@H](C)NC(=O)[C@H](CS)NC(=O)[C@H](C)NC(=O)CNC(=O)[C@@H](N)CC(C)C)C(=O)O. The molecule has 5 atom stereocenters. The zero-order valence-electron chi connectivity index (χ0n) is 24.4. The average Bonchev–Trinajstić information content (AvgIpc) is 2.87. The van der Waals surface area contributed by atoms with Crippen molar-refractivity contribution in [2.45, 2.75) is 84.6 Å². The second-order valence-electron chi connectivity index (χ2n) is 10.5. The highest BCUT2D eigenvalue weighted by molar-refractivity contribution is 7.80. The van der Waals surface area contributed by atoms with Gasteiger partial charge in [-0.2, -0.15) is 12.6 Å². The summed E-state index contributed by atoms with van der Waals surface area (Å²) in [6, 6.07) is -5.20. The molecule has 0 aliphatic rings. The molecule has 0 aliphatic heterocycles. The first-order valence-electron chi connectivity index (χ1n) is 13.3. The molecular weight excluding hydrogens is 558 g/mol. The Labute approximate surface area is 245 Å². The van der Waals surface area contributed by atoms with E-state index in [-0.39, 0.29) is 24.0 Å². The second-order valence-corrected chi connectivity index (χ2v) is 10.9. The summed E-state index contributed by atoms with van der Waals surface area (Å²) >= 11 is 4.06. The lowest BCUT2D eigenvalue weighted by molar-refractivity contribution is -0.142. The van der Waals surface area contributed by atoms with Gasteiger partial charge in [0.15, 0.2) is 0 Å². The average molecular weight is 604 g/mol. The van der Waals surface area contributed by atoms with Crippen LogP contribution >= 0.6 is 12.6 Å². The molecule has 0 spiro atoms. The lowest BCUT2D eigenvalue weighted by Crippen LogP contribution is -2.57. The molecule has 0 aromatic carbocycles. The van der Waals surface area contributed by atoms with E-state index >= 15 is 0 Å². The van der Waals surface area contributed by atoms with Gasteiger partial charge in [0.25, 0.3) is 0 Å². The van der Waals surface area contributed by atoms with Gasteiger partial charge >= 0.3 is 5.97 Å². The number of hydrogen-bond donors (Lipinski definition) is 9. The molecule has 15 nitrogen and oxygen atoms in total. The summed E-state index contributed by atoms with van der Waals surface area (Å²) in [6.07, 6.45) is 0.658. The number of carboxylic acids is 1. The number of carbonyl (C=O) groups excluding carboxylic acids is 6. The predicted octanol–water partition coefficient (Wildman–Crippen LogP) is -2.37. The number of aliphatic carboxylic acids is 1. The Morgan fingerprint density at radius 1 is 0.634 bits per heavy atom. The van der Waals surface area contributed by atoms with E-state index < -0.39 is 84.7 Å². The third kappa shape index (κ3) is 15.8. The molecule has 234 valence electrons. The predicted molar refractivity (Wildman–Crippen MR) is 153 cm³/mol. The van der Waals surface area contributed by atoms with Crippen molar-refractivity contribution in [1.29, 1.82) is 0 Å². The summed E-state index contributed by atoms with van der Waals surface area (Å²) in [5, 5.41) is 23.5. The molecule has 0 saturated carbocycles. The molecule has 9 N–H and O–H groups in total. The van der Waals surface area contributed by atoms with E-state index in [1.54, 1.807) is 13.8 Å². The summed E-state index contributed by atoms with van der Waals surface area (Å²) in [6.45, 7) is 9.26. The first-order valence-corrected chi connectivity index (χ1v) is 14.0. The van der Waals surface area contributed by atoms with Crippen LogP contribution in [0, 0.1) is 11.8 Å². The fourth-order valence-electron chi connectivity index (χ4n) is 3.40. The minimum Gasteiger partial charge on any atom is -0.480 e. The number of thiol groups is 1. The molecule has 6 amide bonds. The maximum absolute atomic E-state index is 12.6. The van der Waals surface area contributed by atoms with Crippen molar-refractivity contribution in [3.8, 4) is 0 Å². The van der Waals surface area contributed by atoms with Crippen LogP contribution in [0.5, 0.6) is 0 Å². The largest absolute Gasteiger partial charge is 0.480 e. The molecule has 41 heavy (non-hydrogen) atoms. The molecule has 0 aromatic heterocycles. The summed E-state index contributed by atoms with van der Waals surface area (Å²) in [4.78, 5) is 84.9. The zero-order chi connectivity index (χ0) is 31.9. The standard InChI is InChI=1S/C25H45N7O8S/c1-12(2)7-16(26)23(37)28-9-19(33)29-15(6)22(36)32-18(11-41)24(38)30-14(5)21(35)27-10-20(34)31-17(25(39)40)8-13(3)4/h12-18,41H,7-11,26H2,1-6H3,(H,27,35)(H,28,37)(H,29,33)(H,30,38)(H,31,34)(H,32,36)(H,39,40)/t14-,15-,16-,17-,18-/m0/s1. The summed E-state index contributed by atoms with van der Waals surface area (Å²) in [5.74, 6) is -5.12. The van der Waals surface area contributed by atoms with Gasteiger partial charge in [-0.1, -0.05) is 27.7 Å². The van der Waals surface area contributed by atoms with Crippen molar-refractivity contribution in [3.63, 3.8) is 0 Å². The molecule has 0 aliphatic carbocycles. The van der Waals surface area contributed by atoms with E-state index in [9.17, 15) is 38.7 Å². The number of carboxylic acid groups (broad SMARTS) is 1. The maximum Gasteiger partial charge on any atom is 0.326 e. The Hall–Kier alpha value is -3.40. The summed E-state index contributed by atoms with van der Waals surface area (Å²) in [7, 11) is 0. The van der Waals surface area contributed by atoms with E-state index in [1.165, 1.54) is 13.8 Å². The molecular formula is C25H45N7O8S. The Balaban J connectivity index is 4.72. The normalized spacial score (nSPS) is 14.6. The van der Waals surface area contributed by atoms with Gasteiger partial charge in [-0.25, -0.2) is 4.79 Å². The van der Waals surface area contributed by atoms with Crippen LogP contribution in [-0.4, -0.2) is 95.6 Å². The van der Waals surface area contributed by atoms with Gasteiger partial charge < -0.3 is 42.7 Å². The van der Waals surface area contributed by atoms with Crippen LogP contribution in [0.2, 0.25) is 0 Å². The number of nitrogens with one attached hydrogen (secondary N) is 6. The van der Waals surface area contributed by atoms with Crippen LogP contribution in [0.1, 0.15) is 54.4 Å². The highest BCUT2D eigenvalue weighted by Gasteiger charge is 2.27. The molecule has 0 bridgehead atoms.